The molecule has 2 aliphatic heterocycles. The zero-order chi connectivity index (χ0) is 18.6. The lowest BCUT2D eigenvalue weighted by Crippen LogP contribution is -2.46. The van der Waals surface area contributed by atoms with E-state index in [2.05, 4.69) is 16.0 Å². The number of rotatable bonds is 4. The van der Waals surface area contributed by atoms with E-state index >= 15 is 0 Å². The molecular formula is C21H24N4O2. The van der Waals surface area contributed by atoms with Crippen LogP contribution in [0.15, 0.2) is 36.5 Å². The first kappa shape index (κ1) is 17.7. The fourth-order valence-electron chi connectivity index (χ4n) is 4.02. The Kier molecular flexibility index (Phi) is 5.21. The normalized spacial score (nSPS) is 21.3. The van der Waals surface area contributed by atoms with E-state index in [4.69, 9.17) is 10.00 Å². The first-order valence-electron chi connectivity index (χ1n) is 9.66. The Labute approximate surface area is 159 Å². The second-order valence-electron chi connectivity index (χ2n) is 7.29. The van der Waals surface area contributed by atoms with Crippen molar-refractivity contribution < 1.29 is 9.53 Å². The van der Waals surface area contributed by atoms with Crippen molar-refractivity contribution in [1.82, 2.24) is 14.8 Å². The Morgan fingerprint density at radius 1 is 1.19 bits per heavy atom. The van der Waals surface area contributed by atoms with Crippen molar-refractivity contribution in [2.75, 3.05) is 26.2 Å². The summed E-state index contributed by atoms with van der Waals surface area (Å²) in [5.74, 6) is 0.961. The molecule has 1 aromatic heterocycles. The van der Waals surface area contributed by atoms with Crippen molar-refractivity contribution >= 4 is 16.8 Å². The summed E-state index contributed by atoms with van der Waals surface area (Å²) in [6.07, 6.45) is 5.47. The number of fused-ring (bicyclic) bond motifs is 1. The largest absolute Gasteiger partial charge is 0.490 e. The van der Waals surface area contributed by atoms with E-state index in [1.165, 1.54) is 0 Å². The third kappa shape index (κ3) is 3.88. The highest BCUT2D eigenvalue weighted by molar-refractivity contribution is 5.84. The van der Waals surface area contributed by atoms with Gasteiger partial charge in [-0.05, 0) is 49.9 Å². The van der Waals surface area contributed by atoms with E-state index < -0.39 is 0 Å². The molecule has 2 aliphatic rings. The van der Waals surface area contributed by atoms with Gasteiger partial charge in [0, 0.05) is 31.2 Å². The van der Waals surface area contributed by atoms with Gasteiger partial charge in [0.15, 0.2) is 0 Å². The van der Waals surface area contributed by atoms with Crippen LogP contribution in [0.5, 0.6) is 5.75 Å². The second kappa shape index (κ2) is 7.93. The highest BCUT2D eigenvalue weighted by atomic mass is 16.5. The van der Waals surface area contributed by atoms with Gasteiger partial charge in [-0.3, -0.25) is 14.7 Å². The number of carbonyl (C=O) groups is 1. The van der Waals surface area contributed by atoms with Crippen LogP contribution in [0.2, 0.25) is 0 Å². The summed E-state index contributed by atoms with van der Waals surface area (Å²) in [6.45, 7) is 2.80. The molecule has 2 saturated heterocycles. The molecule has 2 fully saturated rings. The van der Waals surface area contributed by atoms with Gasteiger partial charge >= 0.3 is 0 Å². The number of hydrogen-bond donors (Lipinski definition) is 0. The maximum absolute atomic E-state index is 12.5. The number of likely N-dealkylation sites (tertiary alicyclic amines) is 2. The Morgan fingerprint density at radius 3 is 2.85 bits per heavy atom. The maximum atomic E-state index is 12.5. The monoisotopic (exact) mass is 364 g/mol. The van der Waals surface area contributed by atoms with Gasteiger partial charge in [0.05, 0.1) is 18.1 Å². The molecule has 0 aliphatic carbocycles. The molecule has 0 bridgehead atoms. The summed E-state index contributed by atoms with van der Waals surface area (Å²) in [7, 11) is 0. The Hall–Kier alpha value is -2.65. The van der Waals surface area contributed by atoms with E-state index in [0.29, 0.717) is 13.1 Å². The van der Waals surface area contributed by atoms with Gasteiger partial charge in [-0.1, -0.05) is 6.07 Å². The number of piperidine rings is 1. The topological polar surface area (TPSA) is 69.5 Å². The standard InChI is InChI=1S/C21H24N4O2/c22-14-16-4-3-11-25(16)21(26)15-24-12-8-17(9-13-24)27-20-7-1-6-19-18(20)5-2-10-23-19/h1-2,5-7,10,16-17H,3-4,8-9,11-13,15H2/t16-/m0/s1. The smallest absolute Gasteiger partial charge is 0.237 e. The molecule has 1 amide bonds. The average Bonchev–Trinajstić information content (AvgIpc) is 3.19. The van der Waals surface area contributed by atoms with Crippen LogP contribution >= 0.6 is 0 Å². The van der Waals surface area contributed by atoms with Gasteiger partial charge in [0.25, 0.3) is 0 Å². The van der Waals surface area contributed by atoms with E-state index in [0.717, 1.165) is 55.4 Å². The summed E-state index contributed by atoms with van der Waals surface area (Å²) < 4.78 is 6.25. The molecule has 6 nitrogen and oxygen atoms in total. The van der Waals surface area contributed by atoms with Gasteiger partial charge < -0.3 is 9.64 Å². The fourth-order valence-corrected chi connectivity index (χ4v) is 4.02. The lowest BCUT2D eigenvalue weighted by Gasteiger charge is -2.33. The molecular weight excluding hydrogens is 340 g/mol. The van der Waals surface area contributed by atoms with Crippen molar-refractivity contribution in [3.8, 4) is 11.8 Å². The quantitative estimate of drug-likeness (QED) is 0.834. The van der Waals surface area contributed by atoms with Crippen LogP contribution in [0.3, 0.4) is 0 Å². The average molecular weight is 364 g/mol. The van der Waals surface area contributed by atoms with Crippen molar-refractivity contribution in [3.05, 3.63) is 36.5 Å². The molecule has 0 radical (unpaired) electrons. The molecule has 2 aromatic rings. The highest BCUT2D eigenvalue weighted by Crippen LogP contribution is 2.27. The number of nitrogens with zero attached hydrogens (tertiary/aromatic N) is 4. The van der Waals surface area contributed by atoms with Gasteiger partial charge in [0.1, 0.15) is 17.9 Å². The first-order chi connectivity index (χ1) is 13.2. The Bertz CT molecular complexity index is 849. The van der Waals surface area contributed by atoms with Crippen LogP contribution in [0.4, 0.5) is 0 Å². The number of benzene rings is 1. The third-order valence-corrected chi connectivity index (χ3v) is 5.51. The van der Waals surface area contributed by atoms with Gasteiger partial charge in [-0.2, -0.15) is 5.26 Å². The lowest BCUT2D eigenvalue weighted by atomic mass is 10.1. The van der Waals surface area contributed by atoms with Crippen LogP contribution < -0.4 is 4.74 Å². The van der Waals surface area contributed by atoms with E-state index in [1.54, 1.807) is 11.1 Å². The lowest BCUT2D eigenvalue weighted by molar-refractivity contribution is -0.132. The van der Waals surface area contributed by atoms with Crippen LogP contribution in [0, 0.1) is 11.3 Å². The minimum absolute atomic E-state index is 0.0820. The summed E-state index contributed by atoms with van der Waals surface area (Å²) >= 11 is 0. The molecule has 3 heterocycles. The van der Waals surface area contributed by atoms with Crippen molar-refractivity contribution in [2.45, 2.75) is 37.8 Å². The third-order valence-electron chi connectivity index (χ3n) is 5.51. The molecule has 1 aromatic carbocycles. The zero-order valence-electron chi connectivity index (χ0n) is 15.4. The Balaban J connectivity index is 1.31. The van der Waals surface area contributed by atoms with Crippen molar-refractivity contribution in [3.63, 3.8) is 0 Å². The minimum atomic E-state index is -0.238. The number of carbonyl (C=O) groups excluding carboxylic acids is 1. The van der Waals surface area contributed by atoms with E-state index in [-0.39, 0.29) is 18.1 Å². The predicted octanol–water partition coefficient (Wildman–Crippen LogP) is 2.59. The fraction of sp³-hybridized carbons (Fsp3) is 0.476. The van der Waals surface area contributed by atoms with Crippen LogP contribution in [-0.4, -0.2) is 59.0 Å². The number of amides is 1. The second-order valence-corrected chi connectivity index (χ2v) is 7.29. The molecule has 0 spiro atoms. The summed E-state index contributed by atoms with van der Waals surface area (Å²) in [5.41, 5.74) is 0.940. The molecule has 140 valence electrons. The molecule has 0 unspecified atom stereocenters. The van der Waals surface area contributed by atoms with Gasteiger partial charge in [0.2, 0.25) is 5.91 Å². The van der Waals surface area contributed by atoms with Crippen LogP contribution in [-0.2, 0) is 4.79 Å². The molecule has 4 rings (SSSR count). The first-order valence-corrected chi connectivity index (χ1v) is 9.66. The van der Waals surface area contributed by atoms with E-state index in [1.807, 2.05) is 30.3 Å². The van der Waals surface area contributed by atoms with Gasteiger partial charge in [-0.15, -0.1) is 0 Å². The molecule has 0 saturated carbocycles. The predicted molar refractivity (Wildman–Crippen MR) is 102 cm³/mol. The summed E-state index contributed by atoms with van der Waals surface area (Å²) in [6, 6.07) is 11.9. The van der Waals surface area contributed by atoms with Crippen molar-refractivity contribution in [1.29, 1.82) is 5.26 Å². The number of nitriles is 1. The summed E-state index contributed by atoms with van der Waals surface area (Å²) in [4.78, 5) is 20.8. The highest BCUT2D eigenvalue weighted by Gasteiger charge is 2.30. The molecule has 0 N–H and O–H groups in total. The maximum Gasteiger partial charge on any atom is 0.237 e. The number of pyridine rings is 1. The van der Waals surface area contributed by atoms with Crippen molar-refractivity contribution in [2.24, 2.45) is 0 Å². The minimum Gasteiger partial charge on any atom is -0.490 e. The molecule has 1 atom stereocenters. The molecule has 27 heavy (non-hydrogen) atoms. The van der Waals surface area contributed by atoms with Crippen LogP contribution in [0.1, 0.15) is 25.7 Å². The van der Waals surface area contributed by atoms with Crippen LogP contribution in [0.25, 0.3) is 10.9 Å². The molecule has 6 heteroatoms. The summed E-state index contributed by atoms with van der Waals surface area (Å²) in [5, 5.41) is 10.2. The number of hydrogen-bond acceptors (Lipinski definition) is 5. The SMILES string of the molecule is N#C[C@@H]1CCCN1C(=O)CN1CCC(Oc2cccc3ncccc23)CC1. The van der Waals surface area contributed by atoms with E-state index in [9.17, 15) is 4.79 Å². The van der Waals surface area contributed by atoms with Gasteiger partial charge in [-0.25, -0.2) is 0 Å². The zero-order valence-corrected chi connectivity index (χ0v) is 15.4. The number of aromatic nitrogens is 1. The Morgan fingerprint density at radius 2 is 2.04 bits per heavy atom. The number of ether oxygens (including phenoxy) is 1.